The van der Waals surface area contributed by atoms with Crippen molar-refractivity contribution in [3.8, 4) is 0 Å². The minimum atomic E-state index is -0.181. The highest BCUT2D eigenvalue weighted by atomic mass is 16.2. The van der Waals surface area contributed by atoms with Crippen molar-refractivity contribution in [2.24, 2.45) is 5.73 Å². The van der Waals surface area contributed by atoms with Crippen molar-refractivity contribution in [3.05, 3.63) is 29.1 Å². The lowest BCUT2D eigenvalue weighted by Crippen LogP contribution is -2.30. The summed E-state index contributed by atoms with van der Waals surface area (Å²) in [4.78, 5) is 15.5. The number of hydrogen-bond acceptors (Lipinski definition) is 4. The van der Waals surface area contributed by atoms with Crippen LogP contribution < -0.4 is 11.4 Å². The summed E-state index contributed by atoms with van der Waals surface area (Å²) >= 11 is 0. The van der Waals surface area contributed by atoms with Gasteiger partial charge in [0.1, 0.15) is 0 Å². The molecule has 2 aromatic rings. The standard InChI is InChI=1S/C8H11N5O/c1-6(9)5-13-8(14)12-3-2-10-4-7(12)11-13/h2-4,6H,5,9H2,1H3/t6-/m1/s1. The van der Waals surface area contributed by atoms with Crippen molar-refractivity contribution in [3.63, 3.8) is 0 Å². The van der Waals surface area contributed by atoms with Gasteiger partial charge in [0, 0.05) is 18.4 Å². The predicted octanol–water partition coefficient (Wildman–Crippen LogP) is -0.762. The first-order chi connectivity index (χ1) is 6.68. The molecule has 0 aliphatic rings. The molecule has 2 rings (SSSR count). The Balaban J connectivity index is 2.57. The molecule has 2 N–H and O–H groups in total. The first-order valence-corrected chi connectivity index (χ1v) is 4.33. The SMILES string of the molecule is C[C@@H](N)Cn1nc2cnccn2c1=O. The van der Waals surface area contributed by atoms with Gasteiger partial charge < -0.3 is 5.73 Å². The maximum Gasteiger partial charge on any atom is 0.350 e. The van der Waals surface area contributed by atoms with Crippen LogP contribution in [-0.4, -0.2) is 25.2 Å². The Bertz CT molecular complexity index is 498. The van der Waals surface area contributed by atoms with Gasteiger partial charge in [-0.3, -0.25) is 4.98 Å². The molecule has 74 valence electrons. The number of nitrogens with zero attached hydrogens (tertiary/aromatic N) is 4. The molecule has 6 nitrogen and oxygen atoms in total. The van der Waals surface area contributed by atoms with Crippen molar-refractivity contribution < 1.29 is 0 Å². The third kappa shape index (κ3) is 1.39. The molecule has 0 saturated carbocycles. The summed E-state index contributed by atoms with van der Waals surface area (Å²) in [6.07, 6.45) is 4.67. The zero-order valence-electron chi connectivity index (χ0n) is 7.79. The van der Waals surface area contributed by atoms with Gasteiger partial charge in [0.25, 0.3) is 0 Å². The average molecular weight is 193 g/mol. The van der Waals surface area contributed by atoms with Crippen LogP contribution in [0, 0.1) is 0 Å². The van der Waals surface area contributed by atoms with E-state index in [1.165, 1.54) is 9.08 Å². The highest BCUT2D eigenvalue weighted by Gasteiger charge is 2.06. The summed E-state index contributed by atoms with van der Waals surface area (Å²) in [5, 5.41) is 4.08. The van der Waals surface area contributed by atoms with E-state index in [0.717, 1.165) is 0 Å². The Morgan fingerprint density at radius 3 is 3.07 bits per heavy atom. The molecule has 6 heteroatoms. The zero-order chi connectivity index (χ0) is 10.1. The monoisotopic (exact) mass is 193 g/mol. The van der Waals surface area contributed by atoms with E-state index in [2.05, 4.69) is 10.1 Å². The number of fused-ring (bicyclic) bond motifs is 1. The fourth-order valence-corrected chi connectivity index (χ4v) is 1.27. The van der Waals surface area contributed by atoms with Gasteiger partial charge in [0.2, 0.25) is 0 Å². The van der Waals surface area contributed by atoms with Gasteiger partial charge in [-0.05, 0) is 6.92 Å². The largest absolute Gasteiger partial charge is 0.350 e. The fraction of sp³-hybridized carbons (Fsp3) is 0.375. The Hall–Kier alpha value is -1.69. The van der Waals surface area contributed by atoms with Crippen LogP contribution in [0.1, 0.15) is 6.92 Å². The number of hydrogen-bond donors (Lipinski definition) is 1. The van der Waals surface area contributed by atoms with Crippen molar-refractivity contribution in [2.45, 2.75) is 19.5 Å². The summed E-state index contributed by atoms with van der Waals surface area (Å²) in [6, 6.07) is -0.0921. The predicted molar refractivity (Wildman–Crippen MR) is 50.9 cm³/mol. The quantitative estimate of drug-likeness (QED) is 0.680. The lowest BCUT2D eigenvalue weighted by Gasteiger charge is -2.01. The van der Waals surface area contributed by atoms with Gasteiger partial charge in [-0.2, -0.15) is 0 Å². The molecule has 1 atom stereocenters. The van der Waals surface area contributed by atoms with Crippen molar-refractivity contribution >= 4 is 5.65 Å². The maximum absolute atomic E-state index is 11.6. The first kappa shape index (κ1) is 8.89. The summed E-state index contributed by atoms with van der Waals surface area (Å²) < 4.78 is 2.79. The normalized spacial score (nSPS) is 13.3. The second kappa shape index (κ2) is 3.22. The van der Waals surface area contributed by atoms with Gasteiger partial charge in [-0.25, -0.2) is 13.9 Å². The Morgan fingerprint density at radius 2 is 2.43 bits per heavy atom. The molecule has 0 aromatic carbocycles. The van der Waals surface area contributed by atoms with Crippen LogP contribution in [0.25, 0.3) is 5.65 Å². The molecule has 2 aromatic heterocycles. The van der Waals surface area contributed by atoms with Gasteiger partial charge in [0.15, 0.2) is 5.65 Å². The van der Waals surface area contributed by atoms with Crippen molar-refractivity contribution in [1.82, 2.24) is 19.2 Å². The van der Waals surface area contributed by atoms with Gasteiger partial charge in [-0.15, -0.1) is 5.10 Å². The lowest BCUT2D eigenvalue weighted by molar-refractivity contribution is 0.523. The van der Waals surface area contributed by atoms with E-state index in [4.69, 9.17) is 5.73 Å². The van der Waals surface area contributed by atoms with E-state index in [1.54, 1.807) is 18.6 Å². The maximum atomic E-state index is 11.6. The number of rotatable bonds is 2. The lowest BCUT2D eigenvalue weighted by atomic mass is 10.4. The van der Waals surface area contributed by atoms with E-state index in [9.17, 15) is 4.79 Å². The second-order valence-electron chi connectivity index (χ2n) is 3.25. The molecule has 0 aliphatic carbocycles. The molecular weight excluding hydrogens is 182 g/mol. The molecule has 0 amide bonds. The molecule has 0 radical (unpaired) electrons. The van der Waals surface area contributed by atoms with Gasteiger partial charge in [-0.1, -0.05) is 0 Å². The van der Waals surface area contributed by atoms with Crippen LogP contribution in [0.4, 0.5) is 0 Å². The van der Waals surface area contributed by atoms with E-state index < -0.39 is 0 Å². The molecule has 0 spiro atoms. The second-order valence-corrected chi connectivity index (χ2v) is 3.25. The van der Waals surface area contributed by atoms with Crippen molar-refractivity contribution in [1.29, 1.82) is 0 Å². The average Bonchev–Trinajstić information content (AvgIpc) is 2.44. The van der Waals surface area contributed by atoms with Crippen LogP contribution in [0.5, 0.6) is 0 Å². The molecule has 0 saturated heterocycles. The van der Waals surface area contributed by atoms with E-state index in [1.807, 2.05) is 6.92 Å². The molecule has 0 unspecified atom stereocenters. The summed E-state index contributed by atoms with van der Waals surface area (Å²) in [5.74, 6) is 0. The Kier molecular flexibility index (Phi) is 2.05. The molecule has 0 aliphatic heterocycles. The number of aromatic nitrogens is 4. The van der Waals surface area contributed by atoms with Crippen LogP contribution in [-0.2, 0) is 6.54 Å². The van der Waals surface area contributed by atoms with E-state index >= 15 is 0 Å². The highest BCUT2D eigenvalue weighted by molar-refractivity contribution is 5.31. The molecule has 0 fully saturated rings. The van der Waals surface area contributed by atoms with Gasteiger partial charge in [0.05, 0.1) is 12.7 Å². The molecular formula is C8H11N5O. The van der Waals surface area contributed by atoms with Crippen molar-refractivity contribution in [2.75, 3.05) is 0 Å². The fourth-order valence-electron chi connectivity index (χ4n) is 1.27. The van der Waals surface area contributed by atoms with E-state index in [-0.39, 0.29) is 11.7 Å². The first-order valence-electron chi connectivity index (χ1n) is 4.33. The summed E-state index contributed by atoms with van der Waals surface area (Å²) in [7, 11) is 0. The third-order valence-electron chi connectivity index (χ3n) is 1.85. The van der Waals surface area contributed by atoms with E-state index in [0.29, 0.717) is 12.2 Å². The highest BCUT2D eigenvalue weighted by Crippen LogP contribution is 1.92. The third-order valence-corrected chi connectivity index (χ3v) is 1.85. The smallest absolute Gasteiger partial charge is 0.326 e. The van der Waals surface area contributed by atoms with Crippen LogP contribution in [0.15, 0.2) is 23.4 Å². The topological polar surface area (TPSA) is 78.2 Å². The van der Waals surface area contributed by atoms with Crippen LogP contribution in [0.3, 0.4) is 0 Å². The van der Waals surface area contributed by atoms with Crippen LogP contribution in [0.2, 0.25) is 0 Å². The summed E-state index contributed by atoms with van der Waals surface area (Å²) in [5.41, 5.74) is 5.95. The minimum Gasteiger partial charge on any atom is -0.326 e. The van der Waals surface area contributed by atoms with Crippen LogP contribution >= 0.6 is 0 Å². The number of nitrogens with two attached hydrogens (primary N) is 1. The zero-order valence-corrected chi connectivity index (χ0v) is 7.79. The van der Waals surface area contributed by atoms with Gasteiger partial charge >= 0.3 is 5.69 Å². The molecule has 0 bridgehead atoms. The summed E-state index contributed by atoms with van der Waals surface area (Å²) in [6.45, 7) is 2.25. The molecule has 2 heterocycles. The molecule has 14 heavy (non-hydrogen) atoms. The minimum absolute atomic E-state index is 0.0921. The Labute approximate surface area is 80.0 Å². The Morgan fingerprint density at radius 1 is 1.64 bits per heavy atom.